The van der Waals surface area contributed by atoms with Crippen molar-refractivity contribution < 1.29 is 32.1 Å². The molecule has 0 radical (unpaired) electrons. The average Bonchev–Trinajstić information content (AvgIpc) is 2.78. The fraction of sp³-hybridized carbons (Fsp3) is 0.409. The Hall–Kier alpha value is -3.38. The third kappa shape index (κ3) is 6.14. The van der Waals surface area contributed by atoms with E-state index in [1.807, 2.05) is 0 Å². The maximum absolute atomic E-state index is 13.1. The first kappa shape index (κ1) is 25.2. The molecule has 0 spiro atoms. The first-order valence-corrected chi connectivity index (χ1v) is 10.2. The van der Waals surface area contributed by atoms with Crippen molar-refractivity contribution >= 4 is 22.4 Å². The Bertz CT molecular complexity index is 1140. The van der Waals surface area contributed by atoms with Crippen molar-refractivity contribution in [3.63, 3.8) is 0 Å². The molecular weight excluding hydrogens is 455 g/mol. The highest BCUT2D eigenvalue weighted by molar-refractivity contribution is 5.91. The molecule has 0 saturated heterocycles. The van der Waals surface area contributed by atoms with Crippen LogP contribution in [0.15, 0.2) is 24.3 Å². The van der Waals surface area contributed by atoms with Crippen LogP contribution < -0.4 is 20.5 Å². The normalized spacial score (nSPS) is 12.6. The Labute approximate surface area is 194 Å². The molecule has 0 aliphatic heterocycles. The Morgan fingerprint density at radius 1 is 1.00 bits per heavy atom. The molecule has 0 aliphatic rings. The second-order valence-corrected chi connectivity index (χ2v) is 7.39. The Balaban J connectivity index is 1.92. The number of pyridine rings is 1. The second kappa shape index (κ2) is 10.7. The van der Waals surface area contributed by atoms with Gasteiger partial charge in [-0.2, -0.15) is 13.2 Å². The van der Waals surface area contributed by atoms with Gasteiger partial charge in [-0.1, -0.05) is 0 Å². The fourth-order valence-corrected chi connectivity index (χ4v) is 3.23. The fourth-order valence-electron chi connectivity index (χ4n) is 3.23. The van der Waals surface area contributed by atoms with Gasteiger partial charge in [-0.05, 0) is 25.1 Å². The average molecular weight is 481 g/mol. The molecule has 12 heteroatoms. The number of hydrogen-bond acceptors (Lipinski definition) is 9. The van der Waals surface area contributed by atoms with Crippen molar-refractivity contribution in [2.24, 2.45) is 0 Å². The number of methoxy groups -OCH3 is 3. The van der Waals surface area contributed by atoms with Crippen molar-refractivity contribution in [1.82, 2.24) is 15.0 Å². The van der Waals surface area contributed by atoms with E-state index < -0.39 is 11.9 Å². The summed E-state index contributed by atoms with van der Waals surface area (Å²) in [7, 11) is 4.62. The molecule has 0 fully saturated rings. The number of aromatic nitrogens is 3. The summed E-state index contributed by atoms with van der Waals surface area (Å²) in [5.74, 6) is 1.73. The molecule has 2 heterocycles. The molecule has 0 bridgehead atoms. The largest absolute Gasteiger partial charge is 0.493 e. The third-order valence-electron chi connectivity index (χ3n) is 4.83. The number of fused-ring (bicyclic) bond motifs is 1. The van der Waals surface area contributed by atoms with Gasteiger partial charge in [0.1, 0.15) is 30.0 Å². The quantitative estimate of drug-likeness (QED) is 0.448. The number of ether oxygens (including phenoxy) is 4. The number of hydrogen-bond donors (Lipinski definition) is 2. The predicted octanol–water partition coefficient (Wildman–Crippen LogP) is 3.60. The number of rotatable bonds is 10. The van der Waals surface area contributed by atoms with Crippen molar-refractivity contribution in [3.05, 3.63) is 41.5 Å². The SMILES string of the molecule is COCC(COc1cc2c(NCc3cc(N)cc(C(F)(F)F)n3)nc(C)nc2cc1OC)OC. The summed E-state index contributed by atoms with van der Waals surface area (Å²) in [6, 6.07) is 5.56. The van der Waals surface area contributed by atoms with Crippen LogP contribution in [0.25, 0.3) is 10.9 Å². The van der Waals surface area contributed by atoms with Gasteiger partial charge >= 0.3 is 6.18 Å². The minimum Gasteiger partial charge on any atom is -0.493 e. The highest BCUT2D eigenvalue weighted by Gasteiger charge is 2.33. The second-order valence-electron chi connectivity index (χ2n) is 7.39. The van der Waals surface area contributed by atoms with E-state index in [1.165, 1.54) is 13.2 Å². The Morgan fingerprint density at radius 3 is 2.41 bits per heavy atom. The molecule has 0 amide bonds. The smallest absolute Gasteiger partial charge is 0.433 e. The van der Waals surface area contributed by atoms with E-state index in [9.17, 15) is 13.2 Å². The molecule has 1 unspecified atom stereocenters. The van der Waals surface area contributed by atoms with E-state index in [-0.39, 0.29) is 30.6 Å². The molecule has 3 N–H and O–H groups in total. The van der Waals surface area contributed by atoms with Crippen LogP contribution in [0, 0.1) is 6.92 Å². The van der Waals surface area contributed by atoms with E-state index in [0.29, 0.717) is 40.7 Å². The van der Waals surface area contributed by atoms with E-state index in [2.05, 4.69) is 20.3 Å². The van der Waals surface area contributed by atoms with E-state index in [0.717, 1.165) is 6.07 Å². The molecule has 0 aliphatic carbocycles. The van der Waals surface area contributed by atoms with Crippen LogP contribution in [-0.4, -0.2) is 55.6 Å². The van der Waals surface area contributed by atoms with Gasteiger partial charge in [0.15, 0.2) is 11.5 Å². The number of alkyl halides is 3. The van der Waals surface area contributed by atoms with Gasteiger partial charge < -0.3 is 30.0 Å². The molecule has 34 heavy (non-hydrogen) atoms. The molecule has 1 atom stereocenters. The van der Waals surface area contributed by atoms with Crippen LogP contribution in [-0.2, 0) is 22.2 Å². The number of aryl methyl sites for hydroxylation is 1. The highest BCUT2D eigenvalue weighted by atomic mass is 19.4. The zero-order valence-corrected chi connectivity index (χ0v) is 19.2. The standard InChI is InChI=1S/C22H26F3N5O4/c1-12-28-17-8-18(33-4)19(34-11-15(32-3)10-31-2)7-16(17)21(29-12)27-9-14-5-13(26)6-20(30-14)22(23,24)25/h5-8,15H,9-11H2,1-4H3,(H2,26,30)(H,27,28,29). The summed E-state index contributed by atoms with van der Waals surface area (Å²) in [6.45, 7) is 2.21. The van der Waals surface area contributed by atoms with Crippen molar-refractivity contribution in [2.45, 2.75) is 25.7 Å². The zero-order valence-electron chi connectivity index (χ0n) is 19.2. The van der Waals surface area contributed by atoms with Gasteiger partial charge in [0.2, 0.25) is 0 Å². The van der Waals surface area contributed by atoms with E-state index >= 15 is 0 Å². The number of anilines is 2. The maximum atomic E-state index is 13.1. The summed E-state index contributed by atoms with van der Waals surface area (Å²) < 4.78 is 61.0. The molecule has 1 aromatic carbocycles. The van der Waals surface area contributed by atoms with Gasteiger partial charge in [0, 0.05) is 31.4 Å². The number of nitrogen functional groups attached to an aromatic ring is 1. The lowest BCUT2D eigenvalue weighted by Gasteiger charge is -2.18. The molecule has 0 saturated carbocycles. The van der Waals surface area contributed by atoms with Crippen LogP contribution in [0.3, 0.4) is 0 Å². The number of benzene rings is 1. The maximum Gasteiger partial charge on any atom is 0.433 e. The first-order chi connectivity index (χ1) is 16.1. The minimum atomic E-state index is -4.60. The molecule has 9 nitrogen and oxygen atoms in total. The Kier molecular flexibility index (Phi) is 7.94. The summed E-state index contributed by atoms with van der Waals surface area (Å²) >= 11 is 0. The third-order valence-corrected chi connectivity index (χ3v) is 4.83. The molecule has 2 aromatic heterocycles. The zero-order chi connectivity index (χ0) is 24.9. The monoisotopic (exact) mass is 481 g/mol. The highest BCUT2D eigenvalue weighted by Crippen LogP contribution is 2.35. The first-order valence-electron chi connectivity index (χ1n) is 10.2. The molecule has 184 valence electrons. The summed E-state index contributed by atoms with van der Waals surface area (Å²) in [6.07, 6.45) is -4.90. The lowest BCUT2D eigenvalue weighted by atomic mass is 10.2. The van der Waals surface area contributed by atoms with Crippen LogP contribution in [0.5, 0.6) is 11.5 Å². The topological polar surface area (TPSA) is 114 Å². The van der Waals surface area contributed by atoms with Gasteiger partial charge in [0.25, 0.3) is 0 Å². The predicted molar refractivity (Wildman–Crippen MR) is 120 cm³/mol. The summed E-state index contributed by atoms with van der Waals surface area (Å²) in [4.78, 5) is 12.5. The van der Waals surface area contributed by atoms with Gasteiger partial charge in [-0.3, -0.25) is 0 Å². The lowest BCUT2D eigenvalue weighted by molar-refractivity contribution is -0.141. The van der Waals surface area contributed by atoms with Crippen LogP contribution in [0.4, 0.5) is 24.7 Å². The van der Waals surface area contributed by atoms with Crippen LogP contribution >= 0.6 is 0 Å². The minimum absolute atomic E-state index is 0.0352. The summed E-state index contributed by atoms with van der Waals surface area (Å²) in [5, 5.41) is 3.62. The van der Waals surface area contributed by atoms with Crippen LogP contribution in [0.2, 0.25) is 0 Å². The Morgan fingerprint density at radius 2 is 1.76 bits per heavy atom. The van der Waals surface area contributed by atoms with Crippen LogP contribution in [0.1, 0.15) is 17.2 Å². The van der Waals surface area contributed by atoms with Crippen molar-refractivity contribution in [2.75, 3.05) is 45.6 Å². The summed E-state index contributed by atoms with van der Waals surface area (Å²) in [5.41, 5.74) is 5.23. The molecule has 3 rings (SSSR count). The molecule has 3 aromatic rings. The number of nitrogens with two attached hydrogens (primary N) is 1. The van der Waals surface area contributed by atoms with E-state index in [4.69, 9.17) is 24.7 Å². The van der Waals surface area contributed by atoms with Crippen molar-refractivity contribution in [1.29, 1.82) is 0 Å². The molecular formula is C22H26F3N5O4. The van der Waals surface area contributed by atoms with Crippen molar-refractivity contribution in [3.8, 4) is 11.5 Å². The van der Waals surface area contributed by atoms with E-state index in [1.54, 1.807) is 33.3 Å². The number of nitrogens with one attached hydrogen (secondary N) is 1. The lowest BCUT2D eigenvalue weighted by Crippen LogP contribution is -2.25. The number of halogens is 3. The van der Waals surface area contributed by atoms with Gasteiger partial charge in [-0.25, -0.2) is 15.0 Å². The number of nitrogens with zero attached hydrogens (tertiary/aromatic N) is 3. The van der Waals surface area contributed by atoms with Gasteiger partial charge in [-0.15, -0.1) is 0 Å². The van der Waals surface area contributed by atoms with Gasteiger partial charge in [0.05, 0.1) is 31.5 Å².